The predicted octanol–water partition coefficient (Wildman–Crippen LogP) is 1.96. The summed E-state index contributed by atoms with van der Waals surface area (Å²) in [6.07, 6.45) is 0. The van der Waals surface area contributed by atoms with Crippen LogP contribution in [0.15, 0.2) is 41.2 Å². The fourth-order valence-electron chi connectivity index (χ4n) is 3.49. The van der Waals surface area contributed by atoms with Crippen molar-refractivity contribution in [1.82, 2.24) is 24.9 Å². The highest BCUT2D eigenvalue weighted by molar-refractivity contribution is 5.96. The topological polar surface area (TPSA) is 93.1 Å². The van der Waals surface area contributed by atoms with Crippen molar-refractivity contribution in [2.45, 2.75) is 19.9 Å². The lowest BCUT2D eigenvalue weighted by Gasteiger charge is -2.39. The molecule has 3 heterocycles. The Bertz CT molecular complexity index is 1080. The van der Waals surface area contributed by atoms with Crippen LogP contribution in [-0.4, -0.2) is 51.0 Å². The molecule has 0 bridgehead atoms. The van der Waals surface area contributed by atoms with Crippen LogP contribution in [0, 0.1) is 13.8 Å². The number of rotatable bonds is 4. The molecule has 1 fully saturated rings. The SMILES string of the molecule is COc1ccccc1-c1ccc(=O)n(C2CN(C(=O)c3c(C)n[nH]c3C)C2)n1. The predicted molar refractivity (Wildman–Crippen MR) is 103 cm³/mol. The Labute approximate surface area is 161 Å². The number of amides is 1. The number of aromatic nitrogens is 4. The van der Waals surface area contributed by atoms with Crippen molar-refractivity contribution in [1.29, 1.82) is 0 Å². The van der Waals surface area contributed by atoms with Gasteiger partial charge in [-0.1, -0.05) is 12.1 Å². The van der Waals surface area contributed by atoms with Gasteiger partial charge >= 0.3 is 0 Å². The van der Waals surface area contributed by atoms with E-state index in [-0.39, 0.29) is 17.5 Å². The van der Waals surface area contributed by atoms with Gasteiger partial charge in [0.1, 0.15) is 5.75 Å². The van der Waals surface area contributed by atoms with E-state index in [1.165, 1.54) is 10.7 Å². The van der Waals surface area contributed by atoms with Crippen LogP contribution in [-0.2, 0) is 0 Å². The van der Waals surface area contributed by atoms with Crippen LogP contribution in [0.4, 0.5) is 0 Å². The minimum Gasteiger partial charge on any atom is -0.496 e. The van der Waals surface area contributed by atoms with Crippen molar-refractivity contribution >= 4 is 5.91 Å². The molecular formula is C20H21N5O3. The van der Waals surface area contributed by atoms with Crippen molar-refractivity contribution in [2.75, 3.05) is 20.2 Å². The summed E-state index contributed by atoms with van der Waals surface area (Å²) in [5, 5.41) is 11.4. The lowest BCUT2D eigenvalue weighted by Crippen LogP contribution is -2.53. The van der Waals surface area contributed by atoms with E-state index in [2.05, 4.69) is 15.3 Å². The van der Waals surface area contributed by atoms with Gasteiger partial charge < -0.3 is 9.64 Å². The first-order chi connectivity index (χ1) is 13.5. The lowest BCUT2D eigenvalue weighted by molar-refractivity contribution is 0.0492. The van der Waals surface area contributed by atoms with Crippen molar-refractivity contribution in [3.05, 3.63) is 63.7 Å². The van der Waals surface area contributed by atoms with E-state index < -0.39 is 0 Å². The maximum absolute atomic E-state index is 12.7. The van der Waals surface area contributed by atoms with Gasteiger partial charge in [-0.15, -0.1) is 0 Å². The molecule has 3 aromatic rings. The molecule has 0 saturated carbocycles. The van der Waals surface area contributed by atoms with Gasteiger partial charge in [0.25, 0.3) is 11.5 Å². The Balaban J connectivity index is 1.57. The van der Waals surface area contributed by atoms with Gasteiger partial charge in [-0.2, -0.15) is 10.2 Å². The highest BCUT2D eigenvalue weighted by Gasteiger charge is 2.35. The van der Waals surface area contributed by atoms with Gasteiger partial charge in [0.05, 0.1) is 30.1 Å². The molecule has 28 heavy (non-hydrogen) atoms. The van der Waals surface area contributed by atoms with Crippen LogP contribution in [0.2, 0.25) is 0 Å². The Kier molecular flexibility index (Phi) is 4.46. The lowest BCUT2D eigenvalue weighted by atomic mass is 10.1. The third kappa shape index (κ3) is 2.96. The Morgan fingerprint density at radius 1 is 1.18 bits per heavy atom. The Morgan fingerprint density at radius 2 is 1.93 bits per heavy atom. The molecule has 0 unspecified atom stereocenters. The molecule has 8 heteroatoms. The molecule has 0 radical (unpaired) electrons. The summed E-state index contributed by atoms with van der Waals surface area (Å²) in [7, 11) is 1.60. The molecule has 144 valence electrons. The summed E-state index contributed by atoms with van der Waals surface area (Å²) in [6.45, 7) is 4.50. The van der Waals surface area contributed by atoms with Gasteiger partial charge in [-0.25, -0.2) is 4.68 Å². The number of aromatic amines is 1. The molecule has 0 atom stereocenters. The van der Waals surface area contributed by atoms with E-state index in [4.69, 9.17) is 4.74 Å². The van der Waals surface area contributed by atoms with E-state index >= 15 is 0 Å². The van der Waals surface area contributed by atoms with Crippen molar-refractivity contribution < 1.29 is 9.53 Å². The molecule has 8 nitrogen and oxygen atoms in total. The van der Waals surface area contributed by atoms with E-state index in [1.807, 2.05) is 31.2 Å². The number of hydrogen-bond acceptors (Lipinski definition) is 5. The molecule has 1 aliphatic rings. The second-order valence-corrected chi connectivity index (χ2v) is 6.87. The number of likely N-dealkylation sites (tertiary alicyclic amines) is 1. The minimum absolute atomic E-state index is 0.0751. The molecule has 0 aliphatic carbocycles. The normalized spacial score (nSPS) is 14.0. The molecule has 1 aromatic carbocycles. The monoisotopic (exact) mass is 379 g/mol. The molecule has 1 saturated heterocycles. The average molecular weight is 379 g/mol. The molecule has 1 N–H and O–H groups in total. The second kappa shape index (κ2) is 6.95. The van der Waals surface area contributed by atoms with E-state index in [1.54, 1.807) is 25.0 Å². The van der Waals surface area contributed by atoms with Crippen LogP contribution >= 0.6 is 0 Å². The van der Waals surface area contributed by atoms with E-state index in [9.17, 15) is 9.59 Å². The fraction of sp³-hybridized carbons (Fsp3) is 0.300. The van der Waals surface area contributed by atoms with Gasteiger partial charge in [0.15, 0.2) is 0 Å². The summed E-state index contributed by atoms with van der Waals surface area (Å²) in [4.78, 5) is 26.8. The zero-order valence-electron chi connectivity index (χ0n) is 16.0. The number of carbonyl (C=O) groups excluding carboxylic acids is 1. The summed E-state index contributed by atoms with van der Waals surface area (Å²) in [5.74, 6) is 0.616. The smallest absolute Gasteiger partial charge is 0.267 e. The number of aryl methyl sites for hydroxylation is 2. The van der Waals surface area contributed by atoms with Crippen LogP contribution in [0.3, 0.4) is 0 Å². The zero-order valence-corrected chi connectivity index (χ0v) is 16.0. The van der Waals surface area contributed by atoms with Crippen LogP contribution in [0.25, 0.3) is 11.3 Å². The zero-order chi connectivity index (χ0) is 19.8. The summed E-state index contributed by atoms with van der Waals surface area (Å²) in [5.41, 5.74) is 3.31. The van der Waals surface area contributed by atoms with Crippen LogP contribution in [0.1, 0.15) is 27.8 Å². The molecule has 0 spiro atoms. The van der Waals surface area contributed by atoms with Gasteiger partial charge in [0.2, 0.25) is 0 Å². The molecule has 1 amide bonds. The summed E-state index contributed by atoms with van der Waals surface area (Å²) >= 11 is 0. The second-order valence-electron chi connectivity index (χ2n) is 6.87. The average Bonchev–Trinajstić information content (AvgIpc) is 3.00. The van der Waals surface area contributed by atoms with Crippen molar-refractivity contribution in [2.24, 2.45) is 0 Å². The van der Waals surface area contributed by atoms with Crippen LogP contribution < -0.4 is 10.3 Å². The molecule has 1 aliphatic heterocycles. The standard InChI is InChI=1S/C20H21N5O3/c1-12-19(13(2)22-21-12)20(27)24-10-14(11-24)25-18(26)9-8-16(23-25)15-6-4-5-7-17(15)28-3/h4-9,14H,10-11H2,1-3H3,(H,21,22). The van der Waals surface area contributed by atoms with Crippen molar-refractivity contribution in [3.8, 4) is 17.0 Å². The maximum atomic E-state index is 12.7. The molecular weight excluding hydrogens is 358 g/mol. The number of carbonyl (C=O) groups is 1. The minimum atomic E-state index is -0.189. The first-order valence-electron chi connectivity index (χ1n) is 9.03. The number of benzene rings is 1. The first-order valence-corrected chi connectivity index (χ1v) is 9.03. The third-order valence-corrected chi connectivity index (χ3v) is 5.05. The number of hydrogen-bond donors (Lipinski definition) is 1. The van der Waals surface area contributed by atoms with Gasteiger partial charge in [-0.05, 0) is 32.0 Å². The van der Waals surface area contributed by atoms with Crippen molar-refractivity contribution in [3.63, 3.8) is 0 Å². The molecule has 2 aromatic heterocycles. The maximum Gasteiger partial charge on any atom is 0.267 e. The fourth-order valence-corrected chi connectivity index (χ4v) is 3.49. The van der Waals surface area contributed by atoms with Gasteiger partial charge in [-0.3, -0.25) is 14.7 Å². The Morgan fingerprint density at radius 3 is 2.61 bits per heavy atom. The number of methoxy groups -OCH3 is 1. The number of nitrogens with zero attached hydrogens (tertiary/aromatic N) is 4. The van der Waals surface area contributed by atoms with Crippen LogP contribution in [0.5, 0.6) is 5.75 Å². The Hall–Kier alpha value is -3.42. The number of nitrogens with one attached hydrogen (secondary N) is 1. The van der Waals surface area contributed by atoms with Gasteiger partial charge in [0, 0.05) is 30.4 Å². The van der Waals surface area contributed by atoms with E-state index in [0.29, 0.717) is 35.8 Å². The summed E-state index contributed by atoms with van der Waals surface area (Å²) in [6, 6.07) is 10.6. The largest absolute Gasteiger partial charge is 0.496 e. The highest BCUT2D eigenvalue weighted by atomic mass is 16.5. The third-order valence-electron chi connectivity index (χ3n) is 5.05. The number of ether oxygens (including phenoxy) is 1. The molecule has 4 rings (SSSR count). The van der Waals surface area contributed by atoms with E-state index in [0.717, 1.165) is 11.3 Å². The number of para-hydroxylation sites is 1. The summed E-state index contributed by atoms with van der Waals surface area (Å²) < 4.78 is 6.85. The highest BCUT2D eigenvalue weighted by Crippen LogP contribution is 2.28. The first kappa shape index (κ1) is 18.0. The number of H-pyrrole nitrogens is 1. The quantitative estimate of drug-likeness (QED) is 0.748.